The Labute approximate surface area is 204 Å². The number of hydrogen-bond donors (Lipinski definition) is 1. The molecule has 0 radical (unpaired) electrons. The van der Waals surface area contributed by atoms with E-state index in [1.807, 2.05) is 13.8 Å². The van der Waals surface area contributed by atoms with Gasteiger partial charge in [-0.1, -0.05) is 6.92 Å². The topological polar surface area (TPSA) is 143 Å². The van der Waals surface area contributed by atoms with Crippen molar-refractivity contribution in [1.29, 1.82) is 0 Å². The van der Waals surface area contributed by atoms with E-state index >= 15 is 0 Å². The van der Waals surface area contributed by atoms with E-state index in [1.165, 1.54) is 0 Å². The summed E-state index contributed by atoms with van der Waals surface area (Å²) in [6.07, 6.45) is 4.92. The Hall–Kier alpha value is -3.32. The molecule has 0 amide bonds. The monoisotopic (exact) mass is 503 g/mol. The zero-order chi connectivity index (χ0) is 25.2. The van der Waals surface area contributed by atoms with Crippen molar-refractivity contribution in [2.75, 3.05) is 31.7 Å². The normalized spacial score (nSPS) is 16.9. The number of hydrogen-bond acceptors (Lipinski definition) is 10. The van der Waals surface area contributed by atoms with Crippen molar-refractivity contribution in [3.63, 3.8) is 0 Å². The summed E-state index contributed by atoms with van der Waals surface area (Å²) in [5, 5.41) is 7.62. The highest BCUT2D eigenvalue weighted by Crippen LogP contribution is 2.40. The standard InChI is InChI=1S/C22H29N7O5S/c1-6-33-21-18-17(7-8-23-21)20-26-27-22(29(20)16(11-32-5)12-34-18)28-35(30,31)15(4)14(3)19-24-9-13(2)10-25-19/h7-10,14-16H,6,11-12H2,1-5H3,(H,27,28)/t14-,15-,16-/m0/s1. The second-order valence-electron chi connectivity index (χ2n) is 8.32. The second kappa shape index (κ2) is 10.1. The Morgan fingerprint density at radius 3 is 2.66 bits per heavy atom. The van der Waals surface area contributed by atoms with Gasteiger partial charge in [0.1, 0.15) is 12.4 Å². The van der Waals surface area contributed by atoms with Crippen LogP contribution in [0.25, 0.3) is 11.4 Å². The van der Waals surface area contributed by atoms with Crippen LogP contribution in [-0.2, 0) is 14.8 Å². The maximum absolute atomic E-state index is 13.4. The number of anilines is 1. The Morgan fingerprint density at radius 2 is 1.97 bits per heavy atom. The van der Waals surface area contributed by atoms with Gasteiger partial charge in [0.15, 0.2) is 11.6 Å². The van der Waals surface area contributed by atoms with Crippen molar-refractivity contribution in [3.8, 4) is 23.0 Å². The van der Waals surface area contributed by atoms with Gasteiger partial charge in [0.05, 0.1) is 30.1 Å². The highest BCUT2D eigenvalue weighted by molar-refractivity contribution is 7.93. The van der Waals surface area contributed by atoms with Crippen LogP contribution in [0, 0.1) is 6.92 Å². The minimum atomic E-state index is -3.89. The first-order valence-electron chi connectivity index (χ1n) is 11.3. The SMILES string of the molecule is CCOc1nccc2c1OC[C@H](COC)n1c(NS(=O)(=O)[C@@H](C)[C@H](C)c3ncc(C)cn3)nnc1-2. The smallest absolute Gasteiger partial charge is 0.257 e. The third kappa shape index (κ3) is 4.91. The lowest BCUT2D eigenvalue weighted by molar-refractivity contribution is 0.124. The largest absolute Gasteiger partial charge is 0.485 e. The van der Waals surface area contributed by atoms with E-state index in [0.29, 0.717) is 35.4 Å². The summed E-state index contributed by atoms with van der Waals surface area (Å²) in [7, 11) is -2.33. The Balaban J connectivity index is 1.70. The fourth-order valence-corrected chi connectivity index (χ4v) is 5.02. The quantitative estimate of drug-likeness (QED) is 0.462. The van der Waals surface area contributed by atoms with Crippen LogP contribution >= 0.6 is 0 Å². The predicted molar refractivity (Wildman–Crippen MR) is 128 cm³/mol. The summed E-state index contributed by atoms with van der Waals surface area (Å²) in [4.78, 5) is 12.8. The zero-order valence-electron chi connectivity index (χ0n) is 20.3. The van der Waals surface area contributed by atoms with E-state index in [1.54, 1.807) is 50.2 Å². The molecule has 0 unspecified atom stereocenters. The summed E-state index contributed by atoms with van der Waals surface area (Å²) in [6.45, 7) is 7.94. The summed E-state index contributed by atoms with van der Waals surface area (Å²) < 4.78 is 48.1. The molecule has 3 aromatic heterocycles. The first-order chi connectivity index (χ1) is 16.8. The predicted octanol–water partition coefficient (Wildman–Crippen LogP) is 2.35. The lowest BCUT2D eigenvalue weighted by Crippen LogP contribution is -2.32. The maximum atomic E-state index is 13.4. The molecular formula is C22H29N7O5S. The van der Waals surface area contributed by atoms with Gasteiger partial charge in [-0.25, -0.2) is 23.4 Å². The molecule has 0 saturated carbocycles. The molecule has 0 aromatic carbocycles. The van der Waals surface area contributed by atoms with Gasteiger partial charge in [-0.15, -0.1) is 10.2 Å². The number of fused-ring (bicyclic) bond motifs is 3. The maximum Gasteiger partial charge on any atom is 0.257 e. The lowest BCUT2D eigenvalue weighted by atomic mass is 10.1. The number of aryl methyl sites for hydroxylation is 1. The number of nitrogens with zero attached hydrogens (tertiary/aromatic N) is 6. The van der Waals surface area contributed by atoms with E-state index < -0.39 is 27.2 Å². The third-order valence-corrected chi connectivity index (χ3v) is 7.72. The Bertz CT molecular complexity index is 1280. The van der Waals surface area contributed by atoms with Gasteiger partial charge >= 0.3 is 0 Å². The summed E-state index contributed by atoms with van der Waals surface area (Å²) in [5.74, 6) is 1.23. The number of ether oxygens (including phenoxy) is 3. The van der Waals surface area contributed by atoms with Gasteiger partial charge in [-0.05, 0) is 32.4 Å². The Morgan fingerprint density at radius 1 is 1.23 bits per heavy atom. The Kier molecular flexibility index (Phi) is 7.17. The highest BCUT2D eigenvalue weighted by Gasteiger charge is 2.34. The summed E-state index contributed by atoms with van der Waals surface area (Å²) >= 11 is 0. The van der Waals surface area contributed by atoms with E-state index in [9.17, 15) is 8.42 Å². The van der Waals surface area contributed by atoms with Crippen molar-refractivity contribution < 1.29 is 22.6 Å². The fourth-order valence-electron chi connectivity index (χ4n) is 3.78. The van der Waals surface area contributed by atoms with E-state index in [0.717, 1.165) is 5.56 Å². The molecule has 4 rings (SSSR count). The van der Waals surface area contributed by atoms with Crippen molar-refractivity contribution in [2.45, 2.75) is 44.9 Å². The minimum absolute atomic E-state index is 0.0668. The molecule has 3 atom stereocenters. The minimum Gasteiger partial charge on any atom is -0.485 e. The van der Waals surface area contributed by atoms with Gasteiger partial charge in [0, 0.05) is 31.6 Å². The van der Waals surface area contributed by atoms with Crippen LogP contribution in [0.2, 0.25) is 0 Å². The van der Waals surface area contributed by atoms with Gasteiger partial charge in [-0.3, -0.25) is 9.29 Å². The van der Waals surface area contributed by atoms with Crippen LogP contribution < -0.4 is 14.2 Å². The summed E-state index contributed by atoms with van der Waals surface area (Å²) in [5.41, 5.74) is 1.49. The number of methoxy groups -OCH3 is 1. The van der Waals surface area contributed by atoms with Crippen molar-refractivity contribution in [3.05, 3.63) is 36.0 Å². The molecular weight excluding hydrogens is 474 g/mol. The van der Waals surface area contributed by atoms with E-state index in [2.05, 4.69) is 29.9 Å². The third-order valence-electron chi connectivity index (χ3n) is 5.87. The molecule has 0 fully saturated rings. The average Bonchev–Trinajstić information content (AvgIpc) is 3.16. The van der Waals surface area contributed by atoms with Crippen molar-refractivity contribution in [1.82, 2.24) is 29.7 Å². The number of rotatable bonds is 9. The molecule has 1 N–H and O–H groups in total. The molecule has 12 nitrogen and oxygen atoms in total. The van der Waals surface area contributed by atoms with Gasteiger partial charge in [0.25, 0.3) is 5.88 Å². The number of pyridine rings is 1. The molecule has 0 bridgehead atoms. The molecule has 4 heterocycles. The second-order valence-corrected chi connectivity index (χ2v) is 10.4. The zero-order valence-corrected chi connectivity index (χ0v) is 21.1. The molecule has 0 saturated heterocycles. The van der Waals surface area contributed by atoms with Crippen LogP contribution in [0.5, 0.6) is 11.6 Å². The first kappa shape index (κ1) is 24.8. The molecule has 3 aromatic rings. The van der Waals surface area contributed by atoms with E-state index in [-0.39, 0.29) is 19.2 Å². The van der Waals surface area contributed by atoms with Crippen LogP contribution in [0.15, 0.2) is 24.7 Å². The van der Waals surface area contributed by atoms with Gasteiger partial charge in [0.2, 0.25) is 16.0 Å². The average molecular weight is 504 g/mol. The number of sulfonamides is 1. The molecule has 35 heavy (non-hydrogen) atoms. The fraction of sp³-hybridized carbons (Fsp3) is 0.500. The molecule has 0 aliphatic carbocycles. The first-order valence-corrected chi connectivity index (χ1v) is 12.8. The van der Waals surface area contributed by atoms with Crippen LogP contribution in [0.4, 0.5) is 5.95 Å². The highest BCUT2D eigenvalue weighted by atomic mass is 32.2. The van der Waals surface area contributed by atoms with E-state index in [4.69, 9.17) is 14.2 Å². The van der Waals surface area contributed by atoms with Crippen LogP contribution in [-0.4, -0.2) is 70.3 Å². The van der Waals surface area contributed by atoms with Gasteiger partial charge < -0.3 is 14.2 Å². The molecule has 13 heteroatoms. The molecule has 1 aliphatic rings. The van der Waals surface area contributed by atoms with Crippen LogP contribution in [0.3, 0.4) is 0 Å². The number of nitrogens with one attached hydrogen (secondary N) is 1. The summed E-state index contributed by atoms with van der Waals surface area (Å²) in [6, 6.07) is 1.32. The number of aromatic nitrogens is 6. The molecule has 188 valence electrons. The van der Waals surface area contributed by atoms with Gasteiger partial charge in [-0.2, -0.15) is 0 Å². The van der Waals surface area contributed by atoms with Crippen LogP contribution in [0.1, 0.15) is 44.1 Å². The molecule has 1 aliphatic heterocycles. The van der Waals surface area contributed by atoms with Crippen molar-refractivity contribution in [2.24, 2.45) is 0 Å². The van der Waals surface area contributed by atoms with Crippen molar-refractivity contribution >= 4 is 16.0 Å². The lowest BCUT2D eigenvalue weighted by Gasteiger charge is -2.22. The molecule has 0 spiro atoms.